The molecule has 0 unspecified atom stereocenters. The molecule has 0 bridgehead atoms. The highest BCUT2D eigenvalue weighted by atomic mass is 32.2. The predicted molar refractivity (Wildman–Crippen MR) is 134 cm³/mol. The summed E-state index contributed by atoms with van der Waals surface area (Å²) in [6.45, 7) is 7.30. The van der Waals surface area contributed by atoms with E-state index in [-0.39, 0.29) is 16.7 Å². The van der Waals surface area contributed by atoms with Crippen molar-refractivity contribution in [3.05, 3.63) is 23.8 Å². The molecule has 1 N–H and O–H groups in total. The molecule has 8 nitrogen and oxygen atoms in total. The first-order valence-corrected chi connectivity index (χ1v) is 14.1. The average molecular weight is 493 g/mol. The average Bonchev–Trinajstić information content (AvgIpc) is 3.22. The molecule has 2 amide bonds. The summed E-state index contributed by atoms with van der Waals surface area (Å²) in [7, 11) is -1.45. The number of carbonyl (C=O) groups excluding carboxylic acids is 2. The van der Waals surface area contributed by atoms with E-state index in [1.165, 1.54) is 54.3 Å². The normalized spacial score (nSPS) is 19.0. The van der Waals surface area contributed by atoms with Crippen molar-refractivity contribution in [2.75, 3.05) is 38.1 Å². The number of anilines is 1. The number of nitrogens with zero attached hydrogens (tertiary/aromatic N) is 3. The van der Waals surface area contributed by atoms with Crippen LogP contribution in [0.4, 0.5) is 5.69 Å². The van der Waals surface area contributed by atoms with Crippen LogP contribution in [-0.4, -0.2) is 74.7 Å². The van der Waals surface area contributed by atoms with Gasteiger partial charge in [-0.1, -0.05) is 33.1 Å². The predicted octanol–water partition coefficient (Wildman–Crippen LogP) is 2.77. The van der Waals surface area contributed by atoms with Gasteiger partial charge in [0.15, 0.2) is 0 Å². The first-order valence-electron chi connectivity index (χ1n) is 12.6. The van der Waals surface area contributed by atoms with Gasteiger partial charge in [0.1, 0.15) is 6.04 Å². The molecule has 1 fully saturated rings. The lowest BCUT2D eigenvalue weighted by Gasteiger charge is -2.31. The Morgan fingerprint density at radius 3 is 2.41 bits per heavy atom. The molecule has 9 heteroatoms. The Labute approximate surface area is 204 Å². The maximum absolute atomic E-state index is 13.0. The van der Waals surface area contributed by atoms with Crippen molar-refractivity contribution in [1.82, 2.24) is 14.5 Å². The number of benzene rings is 1. The molecular weight excluding hydrogens is 452 g/mol. The zero-order chi connectivity index (χ0) is 24.9. The minimum atomic E-state index is -3.61. The van der Waals surface area contributed by atoms with Gasteiger partial charge in [0.25, 0.3) is 0 Å². The molecule has 3 rings (SSSR count). The molecule has 1 aromatic carbocycles. The van der Waals surface area contributed by atoms with Crippen molar-refractivity contribution in [1.29, 1.82) is 0 Å². The van der Waals surface area contributed by atoms with Gasteiger partial charge in [0.2, 0.25) is 21.8 Å². The van der Waals surface area contributed by atoms with E-state index < -0.39 is 16.1 Å². The summed E-state index contributed by atoms with van der Waals surface area (Å²) in [5, 5.41) is 3.00. The summed E-state index contributed by atoms with van der Waals surface area (Å²) in [5.74, 6) is -0.421. The lowest BCUT2D eigenvalue weighted by Crippen LogP contribution is -2.47. The van der Waals surface area contributed by atoms with Crippen molar-refractivity contribution in [2.45, 2.75) is 82.7 Å². The van der Waals surface area contributed by atoms with E-state index in [1.807, 2.05) is 0 Å². The second kappa shape index (κ2) is 11.6. The molecule has 0 spiro atoms. The molecule has 34 heavy (non-hydrogen) atoms. The Morgan fingerprint density at radius 1 is 1.12 bits per heavy atom. The number of nitrogens with one attached hydrogen (secondary N) is 1. The van der Waals surface area contributed by atoms with E-state index in [9.17, 15) is 18.0 Å². The van der Waals surface area contributed by atoms with Gasteiger partial charge in [-0.05, 0) is 56.6 Å². The van der Waals surface area contributed by atoms with Crippen molar-refractivity contribution >= 4 is 27.5 Å². The fourth-order valence-electron chi connectivity index (χ4n) is 5.26. The topological polar surface area (TPSA) is 90.0 Å². The first-order chi connectivity index (χ1) is 16.2. The number of amides is 2. The number of carbonyl (C=O) groups is 2. The maximum Gasteiger partial charge on any atom is 0.243 e. The van der Waals surface area contributed by atoms with E-state index >= 15 is 0 Å². The van der Waals surface area contributed by atoms with Crippen LogP contribution in [-0.2, 0) is 26.0 Å². The fraction of sp³-hybridized carbons (Fsp3) is 0.680. The standard InChI is InChI=1S/C25H40N4O4S/c1-5-28(6-2)34(32,33)22-13-14-23-20(17-22)18-24(29(23)19(3)30)25(31)26-15-10-16-27(4)21-11-8-7-9-12-21/h13-14,17,21,24H,5-12,15-16,18H2,1-4H3,(H,26,31)/t24-/m0/s1. The number of fused-ring (bicyclic) bond motifs is 1. The minimum Gasteiger partial charge on any atom is -0.354 e. The van der Waals surface area contributed by atoms with Crippen LogP contribution in [0.1, 0.15) is 64.9 Å². The van der Waals surface area contributed by atoms with E-state index in [0.29, 0.717) is 43.3 Å². The highest BCUT2D eigenvalue weighted by Gasteiger charge is 2.38. The first kappa shape index (κ1) is 26.6. The lowest BCUT2D eigenvalue weighted by atomic mass is 9.94. The van der Waals surface area contributed by atoms with Crippen LogP contribution in [0.5, 0.6) is 0 Å². The molecule has 1 aliphatic carbocycles. The zero-order valence-electron chi connectivity index (χ0n) is 21.0. The Balaban J connectivity index is 1.63. The van der Waals surface area contributed by atoms with E-state index in [0.717, 1.165) is 13.0 Å². The largest absolute Gasteiger partial charge is 0.354 e. The molecule has 0 saturated heterocycles. The van der Waals surface area contributed by atoms with Crippen molar-refractivity contribution in [3.8, 4) is 0 Å². The van der Waals surface area contributed by atoms with Gasteiger partial charge in [0.05, 0.1) is 4.90 Å². The Bertz CT molecular complexity index is 971. The van der Waals surface area contributed by atoms with Gasteiger partial charge in [-0.3, -0.25) is 14.5 Å². The molecule has 1 aliphatic heterocycles. The van der Waals surface area contributed by atoms with Gasteiger partial charge >= 0.3 is 0 Å². The summed E-state index contributed by atoms with van der Waals surface area (Å²) in [5.41, 5.74) is 1.32. The molecule has 1 atom stereocenters. The zero-order valence-corrected chi connectivity index (χ0v) is 21.9. The molecule has 0 aromatic heterocycles. The molecule has 2 aliphatic rings. The number of hydrogen-bond donors (Lipinski definition) is 1. The third-order valence-corrected chi connectivity index (χ3v) is 9.25. The van der Waals surface area contributed by atoms with Gasteiger partial charge in [0, 0.05) is 44.7 Å². The summed E-state index contributed by atoms with van der Waals surface area (Å²) >= 11 is 0. The number of sulfonamides is 1. The van der Waals surface area contributed by atoms with E-state index in [2.05, 4.69) is 17.3 Å². The summed E-state index contributed by atoms with van der Waals surface area (Å²) in [6.07, 6.45) is 7.60. The van der Waals surface area contributed by atoms with E-state index in [1.54, 1.807) is 26.0 Å². The van der Waals surface area contributed by atoms with Crippen molar-refractivity contribution in [3.63, 3.8) is 0 Å². The monoisotopic (exact) mass is 492 g/mol. The van der Waals surface area contributed by atoms with Crippen LogP contribution >= 0.6 is 0 Å². The second-order valence-corrected chi connectivity index (χ2v) is 11.3. The number of hydrogen-bond acceptors (Lipinski definition) is 5. The van der Waals surface area contributed by atoms with Crippen LogP contribution in [0.15, 0.2) is 23.1 Å². The van der Waals surface area contributed by atoms with E-state index in [4.69, 9.17) is 0 Å². The highest BCUT2D eigenvalue weighted by molar-refractivity contribution is 7.89. The van der Waals surface area contributed by atoms with Crippen LogP contribution in [0.25, 0.3) is 0 Å². The maximum atomic E-state index is 13.0. The van der Waals surface area contributed by atoms with Crippen LogP contribution in [0.2, 0.25) is 0 Å². The quantitative estimate of drug-likeness (QED) is 0.507. The summed E-state index contributed by atoms with van der Waals surface area (Å²) in [6, 6.07) is 4.79. The SMILES string of the molecule is CCN(CC)S(=O)(=O)c1ccc2c(c1)C[C@@H](C(=O)NCCCN(C)C1CCCCC1)N2C(C)=O. The van der Waals surface area contributed by atoms with Gasteiger partial charge in [-0.2, -0.15) is 4.31 Å². The summed E-state index contributed by atoms with van der Waals surface area (Å²) < 4.78 is 27.3. The third kappa shape index (κ3) is 5.80. The molecule has 1 saturated carbocycles. The van der Waals surface area contributed by atoms with Crippen LogP contribution in [0, 0.1) is 0 Å². The second-order valence-electron chi connectivity index (χ2n) is 9.41. The third-order valence-electron chi connectivity index (χ3n) is 7.21. The van der Waals surface area contributed by atoms with Gasteiger partial charge in [-0.25, -0.2) is 8.42 Å². The smallest absolute Gasteiger partial charge is 0.243 e. The summed E-state index contributed by atoms with van der Waals surface area (Å²) in [4.78, 5) is 29.5. The Kier molecular flexibility index (Phi) is 9.12. The molecule has 1 heterocycles. The van der Waals surface area contributed by atoms with Gasteiger partial charge < -0.3 is 10.2 Å². The molecule has 0 radical (unpaired) electrons. The van der Waals surface area contributed by atoms with Crippen LogP contribution < -0.4 is 10.2 Å². The highest BCUT2D eigenvalue weighted by Crippen LogP contribution is 2.35. The fourth-order valence-corrected chi connectivity index (χ4v) is 6.77. The minimum absolute atomic E-state index is 0.195. The Hall–Kier alpha value is -1.97. The number of rotatable bonds is 10. The van der Waals surface area contributed by atoms with Crippen molar-refractivity contribution in [2.24, 2.45) is 0 Å². The van der Waals surface area contributed by atoms with Crippen molar-refractivity contribution < 1.29 is 18.0 Å². The molecule has 190 valence electrons. The Morgan fingerprint density at radius 2 is 1.79 bits per heavy atom. The lowest BCUT2D eigenvalue weighted by molar-refractivity contribution is -0.125. The molecular formula is C25H40N4O4S. The molecule has 1 aromatic rings. The van der Waals surface area contributed by atoms with Crippen LogP contribution in [0.3, 0.4) is 0 Å². The van der Waals surface area contributed by atoms with Gasteiger partial charge in [-0.15, -0.1) is 0 Å².